The molecule has 31 heavy (non-hydrogen) atoms. The van der Waals surface area contributed by atoms with Crippen LogP contribution in [0.25, 0.3) is 33.4 Å². The van der Waals surface area contributed by atoms with Gasteiger partial charge in [0.05, 0.1) is 18.3 Å². The maximum Gasteiger partial charge on any atom is 0.276 e. The normalized spacial score (nSPS) is 11.4. The zero-order valence-corrected chi connectivity index (χ0v) is 17.2. The number of pyridine rings is 1. The van der Waals surface area contributed by atoms with Gasteiger partial charge in [-0.1, -0.05) is 12.1 Å². The Kier molecular flexibility index (Phi) is 4.76. The Morgan fingerprint density at radius 1 is 1.06 bits per heavy atom. The molecule has 156 valence electrons. The second-order valence-corrected chi connectivity index (χ2v) is 7.18. The quantitative estimate of drug-likeness (QED) is 0.381. The number of benzene rings is 2. The number of nitrogens with one attached hydrogen (secondary N) is 1. The van der Waals surface area contributed by atoms with Crippen molar-refractivity contribution in [1.82, 2.24) is 20.1 Å². The molecule has 0 aliphatic heterocycles. The maximum atomic E-state index is 6.04. The Bertz CT molecular complexity index is 1370. The second kappa shape index (κ2) is 7.73. The molecule has 0 atom stereocenters. The number of ether oxygens (including phenoxy) is 2. The van der Waals surface area contributed by atoms with Crippen LogP contribution < -0.4 is 10.5 Å². The summed E-state index contributed by atoms with van der Waals surface area (Å²) in [6.45, 7) is 2.32. The summed E-state index contributed by atoms with van der Waals surface area (Å²) in [6, 6.07) is 13.2. The number of aryl methyl sites for hydroxylation is 1. The van der Waals surface area contributed by atoms with Crippen LogP contribution in [0.15, 0.2) is 53.2 Å². The minimum Gasteiger partial charge on any atom is -0.457 e. The predicted octanol–water partition coefficient (Wildman–Crippen LogP) is 4.85. The molecule has 0 unspecified atom stereocenters. The molecule has 0 fully saturated rings. The van der Waals surface area contributed by atoms with E-state index in [2.05, 4.69) is 20.1 Å². The molecule has 0 radical (unpaired) electrons. The fourth-order valence-corrected chi connectivity index (χ4v) is 3.64. The highest BCUT2D eigenvalue weighted by molar-refractivity contribution is 6.10. The topological polar surface area (TPSA) is 112 Å². The van der Waals surface area contributed by atoms with Crippen molar-refractivity contribution in [3.8, 4) is 23.1 Å². The fourth-order valence-electron chi connectivity index (χ4n) is 3.64. The summed E-state index contributed by atoms with van der Waals surface area (Å²) in [7, 11) is 1.65. The predicted molar refractivity (Wildman–Crippen MR) is 118 cm³/mol. The number of fused-ring (bicyclic) bond motifs is 3. The summed E-state index contributed by atoms with van der Waals surface area (Å²) < 4.78 is 17.0. The molecule has 5 aromatic rings. The van der Waals surface area contributed by atoms with Crippen LogP contribution in [0.1, 0.15) is 18.3 Å². The molecule has 0 aliphatic rings. The Hall–Kier alpha value is -3.91. The van der Waals surface area contributed by atoms with Gasteiger partial charge in [0.2, 0.25) is 0 Å². The number of anilines is 1. The molecule has 3 N–H and O–H groups in total. The molecular weight excluding hydrogens is 394 g/mol. The van der Waals surface area contributed by atoms with E-state index in [1.165, 1.54) is 0 Å². The lowest BCUT2D eigenvalue weighted by molar-refractivity contribution is 0.186. The molecule has 3 aromatic heterocycles. The summed E-state index contributed by atoms with van der Waals surface area (Å²) in [6.07, 6.45) is 2.46. The lowest BCUT2D eigenvalue weighted by Crippen LogP contribution is -1.97. The van der Waals surface area contributed by atoms with Crippen LogP contribution in [0.4, 0.5) is 5.69 Å². The van der Waals surface area contributed by atoms with E-state index >= 15 is 0 Å². The van der Waals surface area contributed by atoms with Crippen LogP contribution in [0.2, 0.25) is 0 Å². The highest BCUT2D eigenvalue weighted by Gasteiger charge is 2.20. The van der Waals surface area contributed by atoms with Crippen molar-refractivity contribution < 1.29 is 14.0 Å². The summed E-state index contributed by atoms with van der Waals surface area (Å²) in [5.41, 5.74) is 9.81. The third-order valence-electron chi connectivity index (χ3n) is 5.10. The number of nitrogen functional groups attached to an aromatic ring is 1. The number of hydrogen-bond donors (Lipinski definition) is 2. The Balaban J connectivity index is 1.66. The van der Waals surface area contributed by atoms with Crippen LogP contribution in [-0.4, -0.2) is 27.2 Å². The van der Waals surface area contributed by atoms with Gasteiger partial charge < -0.3 is 24.7 Å². The number of nitrogens with two attached hydrogens (primary N) is 1. The van der Waals surface area contributed by atoms with Crippen LogP contribution >= 0.6 is 0 Å². The van der Waals surface area contributed by atoms with E-state index in [-0.39, 0.29) is 0 Å². The number of H-pyrrole nitrogens is 1. The molecule has 0 saturated carbocycles. The van der Waals surface area contributed by atoms with Crippen LogP contribution in [0.5, 0.6) is 11.5 Å². The summed E-state index contributed by atoms with van der Waals surface area (Å²) in [4.78, 5) is 12.5. The largest absolute Gasteiger partial charge is 0.457 e. The number of rotatable bonds is 6. The Morgan fingerprint density at radius 2 is 1.87 bits per heavy atom. The number of aromatic amines is 1. The van der Waals surface area contributed by atoms with Gasteiger partial charge in [-0.2, -0.15) is 4.98 Å². The zero-order valence-electron chi connectivity index (χ0n) is 17.2. The average molecular weight is 415 g/mol. The van der Waals surface area contributed by atoms with Gasteiger partial charge in [-0.05, 0) is 42.5 Å². The minimum absolute atomic E-state index is 0.347. The van der Waals surface area contributed by atoms with Crippen LogP contribution in [0, 0.1) is 0 Å². The first-order valence-corrected chi connectivity index (χ1v) is 9.95. The lowest BCUT2D eigenvalue weighted by Gasteiger charge is -2.08. The number of nitrogens with zero attached hydrogens (tertiary/aromatic N) is 3. The highest BCUT2D eigenvalue weighted by Crippen LogP contribution is 2.36. The number of methoxy groups -OCH3 is 1. The highest BCUT2D eigenvalue weighted by atomic mass is 16.5. The summed E-state index contributed by atoms with van der Waals surface area (Å²) in [5, 5.41) is 5.99. The monoisotopic (exact) mass is 415 g/mol. The van der Waals surface area contributed by atoms with E-state index in [4.69, 9.17) is 19.7 Å². The van der Waals surface area contributed by atoms with Crippen molar-refractivity contribution in [2.24, 2.45) is 0 Å². The molecule has 0 bridgehead atoms. The average Bonchev–Trinajstić information content (AvgIpc) is 3.40. The van der Waals surface area contributed by atoms with Crippen molar-refractivity contribution in [3.05, 3.63) is 60.0 Å². The van der Waals surface area contributed by atoms with Gasteiger partial charge in [-0.15, -0.1) is 0 Å². The molecule has 0 aliphatic carbocycles. The molecular formula is C23H21N5O3. The maximum absolute atomic E-state index is 6.04. The molecule has 2 aromatic carbocycles. The van der Waals surface area contributed by atoms with E-state index in [0.29, 0.717) is 47.6 Å². The third kappa shape index (κ3) is 3.47. The van der Waals surface area contributed by atoms with Crippen molar-refractivity contribution in [1.29, 1.82) is 0 Å². The Labute approximate surface area is 178 Å². The summed E-state index contributed by atoms with van der Waals surface area (Å²) in [5.74, 6) is 2.45. The van der Waals surface area contributed by atoms with E-state index in [1.54, 1.807) is 13.3 Å². The van der Waals surface area contributed by atoms with Gasteiger partial charge in [0.25, 0.3) is 5.89 Å². The van der Waals surface area contributed by atoms with Gasteiger partial charge in [0.1, 0.15) is 17.2 Å². The molecule has 0 amide bonds. The second-order valence-electron chi connectivity index (χ2n) is 7.18. The van der Waals surface area contributed by atoms with Crippen molar-refractivity contribution in [2.75, 3.05) is 12.8 Å². The summed E-state index contributed by atoms with van der Waals surface area (Å²) >= 11 is 0. The standard InChI is InChI=1S/C23H21N5O3/c1-3-20-27-23(31-28-20)22-17(12-29-2)21-16-10-15(30-14-6-4-13(24)5-7-14)8-9-18(16)26-19(21)11-25-22/h4-11,26H,3,12,24H2,1-2H3. The zero-order chi connectivity index (χ0) is 21.4. The van der Waals surface area contributed by atoms with Gasteiger partial charge in [-0.3, -0.25) is 0 Å². The third-order valence-corrected chi connectivity index (χ3v) is 5.10. The minimum atomic E-state index is 0.347. The molecule has 8 heteroatoms. The van der Waals surface area contributed by atoms with E-state index < -0.39 is 0 Å². The van der Waals surface area contributed by atoms with E-state index in [9.17, 15) is 0 Å². The van der Waals surface area contributed by atoms with Crippen molar-refractivity contribution in [2.45, 2.75) is 20.0 Å². The smallest absolute Gasteiger partial charge is 0.276 e. The van der Waals surface area contributed by atoms with E-state index in [0.717, 1.165) is 27.4 Å². The van der Waals surface area contributed by atoms with Crippen LogP contribution in [0.3, 0.4) is 0 Å². The number of aromatic nitrogens is 4. The first-order chi connectivity index (χ1) is 15.2. The molecule has 8 nitrogen and oxygen atoms in total. The fraction of sp³-hybridized carbons (Fsp3) is 0.174. The van der Waals surface area contributed by atoms with Gasteiger partial charge >= 0.3 is 0 Å². The number of hydrogen-bond acceptors (Lipinski definition) is 7. The first-order valence-electron chi connectivity index (χ1n) is 9.95. The lowest BCUT2D eigenvalue weighted by atomic mass is 10.1. The van der Waals surface area contributed by atoms with Gasteiger partial charge in [0.15, 0.2) is 5.82 Å². The van der Waals surface area contributed by atoms with E-state index in [1.807, 2.05) is 49.4 Å². The molecule has 3 heterocycles. The molecule has 0 spiro atoms. The Morgan fingerprint density at radius 3 is 2.61 bits per heavy atom. The SMILES string of the molecule is CCc1noc(-c2ncc3[nH]c4ccc(Oc5ccc(N)cc5)cc4c3c2COC)n1. The van der Waals surface area contributed by atoms with Crippen molar-refractivity contribution >= 4 is 27.5 Å². The van der Waals surface area contributed by atoms with Crippen LogP contribution in [-0.2, 0) is 17.8 Å². The van der Waals surface area contributed by atoms with Gasteiger partial charge in [0, 0.05) is 41.1 Å². The van der Waals surface area contributed by atoms with Crippen molar-refractivity contribution in [3.63, 3.8) is 0 Å². The first kappa shape index (κ1) is 19.1. The molecule has 0 saturated heterocycles. The van der Waals surface area contributed by atoms with Gasteiger partial charge in [-0.25, -0.2) is 4.98 Å². The molecule has 5 rings (SSSR count).